The van der Waals surface area contributed by atoms with Crippen molar-refractivity contribution in [2.24, 2.45) is 11.7 Å². The summed E-state index contributed by atoms with van der Waals surface area (Å²) >= 11 is 6.18. The van der Waals surface area contributed by atoms with Crippen LogP contribution in [0.3, 0.4) is 0 Å². The molecule has 1 unspecified atom stereocenters. The number of fused-ring (bicyclic) bond motifs is 1. The molecule has 0 bridgehead atoms. The average molecular weight is 793 g/mol. The van der Waals surface area contributed by atoms with E-state index < -0.39 is 23.4 Å². The Balaban J connectivity index is 0.863. The number of pyridine rings is 1. The van der Waals surface area contributed by atoms with Gasteiger partial charge in [0.1, 0.15) is 29.2 Å². The second-order valence-corrected chi connectivity index (χ2v) is 15.9. The Bertz CT molecular complexity index is 2250. The maximum atomic E-state index is 14.0. The zero-order valence-electron chi connectivity index (χ0n) is 31.6. The number of carbonyl (C=O) groups excluding carboxylic acids is 3. The maximum Gasteiger partial charge on any atom is 0.278 e. The number of amides is 3. The molecule has 2 aromatic heterocycles. The number of nitrogens with two attached hydrogens (primary N) is 1. The molecule has 1 aliphatic carbocycles. The van der Waals surface area contributed by atoms with Crippen LogP contribution in [0.2, 0.25) is 5.02 Å². The largest absolute Gasteiger partial charge is 0.490 e. The van der Waals surface area contributed by atoms with Crippen LogP contribution in [0.5, 0.6) is 5.75 Å². The van der Waals surface area contributed by atoms with Crippen LogP contribution in [-0.2, 0) is 9.59 Å². The van der Waals surface area contributed by atoms with E-state index in [1.165, 1.54) is 9.58 Å². The third-order valence-corrected chi connectivity index (χ3v) is 12.3. The molecule has 4 aromatic rings. The van der Waals surface area contributed by atoms with Gasteiger partial charge in [0.15, 0.2) is 0 Å². The lowest BCUT2D eigenvalue weighted by atomic mass is 9.89. The minimum Gasteiger partial charge on any atom is -0.490 e. The van der Waals surface area contributed by atoms with E-state index in [1.54, 1.807) is 30.5 Å². The molecule has 0 radical (unpaired) electrons. The first-order chi connectivity index (χ1) is 27.6. The molecule has 1 atom stereocenters. The fraction of sp³-hybridized carbons (Fsp3) is 0.463. The Labute approximate surface area is 334 Å². The lowest BCUT2D eigenvalue weighted by Gasteiger charge is -2.40. The van der Waals surface area contributed by atoms with Gasteiger partial charge in [0.25, 0.3) is 11.5 Å². The van der Waals surface area contributed by atoms with Crippen molar-refractivity contribution in [3.63, 3.8) is 0 Å². The molecule has 2 N–H and O–H groups in total. The van der Waals surface area contributed by atoms with Gasteiger partial charge in [-0.1, -0.05) is 16.8 Å². The molecule has 3 amide bonds. The monoisotopic (exact) mass is 792 g/mol. The number of primary amides is 1. The van der Waals surface area contributed by atoms with Crippen LogP contribution in [0.1, 0.15) is 73.3 Å². The minimum absolute atomic E-state index is 0.119. The molecule has 3 aliphatic heterocycles. The average Bonchev–Trinajstić information content (AvgIpc) is 3.23. The molecule has 15 nitrogen and oxygen atoms in total. The minimum atomic E-state index is -0.917. The summed E-state index contributed by atoms with van der Waals surface area (Å²) in [6, 6.07) is 15.0. The number of nitriles is 1. The van der Waals surface area contributed by atoms with E-state index in [2.05, 4.69) is 30.0 Å². The van der Waals surface area contributed by atoms with Crippen molar-refractivity contribution in [1.29, 1.82) is 5.26 Å². The number of nitrogens with zero attached hydrogens (tertiary/aromatic N) is 9. The standard InChI is InChI=1S/C41H45ClN10O5/c42-34-22-32(6-1-27(34)23-43)57-31-7-3-29(4-8-31)51-38(53)12-10-36(41(51)56)52-40(55)33-21-30(5-9-35(33)46-47-52)49-19-17-48(18-20-49)25-26-13-15-50(16-14-26)37-11-2-28(24-45-37)39(44)54/h1-2,5-6,9,11,21-22,24,26,29,31,36H,3-4,7-8,10,12-20,25H2,(H2,44,54). The number of imide groups is 1. The number of rotatable bonds is 9. The Morgan fingerprint density at radius 3 is 2.35 bits per heavy atom. The van der Waals surface area contributed by atoms with Gasteiger partial charge in [0.05, 0.1) is 27.6 Å². The quantitative estimate of drug-likeness (QED) is 0.242. The van der Waals surface area contributed by atoms with Gasteiger partial charge in [-0.15, -0.1) is 5.10 Å². The van der Waals surface area contributed by atoms with Crippen molar-refractivity contribution in [2.45, 2.75) is 69.6 Å². The van der Waals surface area contributed by atoms with Gasteiger partial charge in [-0.05, 0) is 93.3 Å². The number of likely N-dealkylation sites (tertiary alicyclic amines) is 1. The molecule has 57 heavy (non-hydrogen) atoms. The lowest BCUT2D eigenvalue weighted by Crippen LogP contribution is -2.53. The Morgan fingerprint density at radius 1 is 0.895 bits per heavy atom. The summed E-state index contributed by atoms with van der Waals surface area (Å²) in [6.07, 6.45) is 6.28. The molecule has 8 rings (SSSR count). The van der Waals surface area contributed by atoms with Crippen molar-refractivity contribution in [1.82, 2.24) is 29.8 Å². The summed E-state index contributed by atoms with van der Waals surface area (Å²) < 4.78 is 7.29. The van der Waals surface area contributed by atoms with Crippen LogP contribution in [0, 0.1) is 17.2 Å². The molecule has 5 heterocycles. The van der Waals surface area contributed by atoms with Crippen molar-refractivity contribution in [3.05, 3.63) is 81.2 Å². The summed E-state index contributed by atoms with van der Waals surface area (Å²) in [5.74, 6) is 0.905. The van der Waals surface area contributed by atoms with Crippen molar-refractivity contribution in [2.75, 3.05) is 55.6 Å². The lowest BCUT2D eigenvalue weighted by molar-refractivity contribution is -0.155. The predicted octanol–water partition coefficient (Wildman–Crippen LogP) is 3.93. The third-order valence-electron chi connectivity index (χ3n) is 12.0. The number of piperidine rings is 2. The molecular formula is C41H45ClN10O5. The summed E-state index contributed by atoms with van der Waals surface area (Å²) in [6.45, 7) is 6.32. The van der Waals surface area contributed by atoms with E-state index in [4.69, 9.17) is 27.3 Å². The molecule has 4 aliphatic rings. The number of benzene rings is 2. The number of hydrogen-bond donors (Lipinski definition) is 1. The summed E-state index contributed by atoms with van der Waals surface area (Å²) in [5.41, 5.74) is 7.14. The molecular weight excluding hydrogens is 748 g/mol. The Hall–Kier alpha value is -5.59. The highest BCUT2D eigenvalue weighted by molar-refractivity contribution is 6.31. The number of halogens is 1. The smallest absolute Gasteiger partial charge is 0.278 e. The third kappa shape index (κ3) is 8.15. The number of piperazine rings is 1. The number of carbonyl (C=O) groups is 3. The Morgan fingerprint density at radius 2 is 1.67 bits per heavy atom. The highest BCUT2D eigenvalue weighted by Gasteiger charge is 2.42. The highest BCUT2D eigenvalue weighted by Crippen LogP contribution is 2.33. The predicted molar refractivity (Wildman–Crippen MR) is 213 cm³/mol. The first-order valence-electron chi connectivity index (χ1n) is 19.7. The zero-order chi connectivity index (χ0) is 39.6. The topological polar surface area (TPSA) is 184 Å². The van der Waals surface area contributed by atoms with Gasteiger partial charge in [-0.3, -0.25) is 29.0 Å². The fourth-order valence-corrected chi connectivity index (χ4v) is 8.95. The van der Waals surface area contributed by atoms with Crippen LogP contribution in [0.15, 0.2) is 59.5 Å². The molecule has 2 aromatic carbocycles. The van der Waals surface area contributed by atoms with E-state index in [-0.39, 0.29) is 30.9 Å². The normalized spacial score (nSPS) is 22.5. The molecule has 4 fully saturated rings. The van der Waals surface area contributed by atoms with Gasteiger partial charge in [0, 0.05) is 76.2 Å². The summed E-state index contributed by atoms with van der Waals surface area (Å²) in [7, 11) is 0. The van der Waals surface area contributed by atoms with Crippen molar-refractivity contribution in [3.8, 4) is 11.8 Å². The van der Waals surface area contributed by atoms with Crippen LogP contribution < -0.4 is 25.8 Å². The van der Waals surface area contributed by atoms with E-state index >= 15 is 0 Å². The van der Waals surface area contributed by atoms with E-state index in [9.17, 15) is 19.2 Å². The van der Waals surface area contributed by atoms with E-state index in [0.717, 1.165) is 70.2 Å². The molecule has 1 saturated carbocycles. The zero-order valence-corrected chi connectivity index (χ0v) is 32.4. The fourth-order valence-electron chi connectivity index (χ4n) is 8.73. The van der Waals surface area contributed by atoms with Crippen LogP contribution in [0.25, 0.3) is 10.9 Å². The maximum absolute atomic E-state index is 14.0. The molecule has 296 valence electrons. The number of anilines is 2. The van der Waals surface area contributed by atoms with E-state index in [1.807, 2.05) is 30.3 Å². The van der Waals surface area contributed by atoms with Crippen LogP contribution >= 0.6 is 11.6 Å². The molecule has 0 spiro atoms. The first-order valence-corrected chi connectivity index (χ1v) is 20.1. The number of aromatic nitrogens is 4. The molecule has 3 saturated heterocycles. The first kappa shape index (κ1) is 38.3. The van der Waals surface area contributed by atoms with Gasteiger partial charge in [0.2, 0.25) is 11.8 Å². The SMILES string of the molecule is N#Cc1ccc(OC2CCC(N3C(=O)CCC(n4nnc5ccc(N6CCN(CC7CCN(c8ccc(C(N)=O)cn8)CC7)CC6)cc5c4=O)C3=O)CC2)cc1Cl. The highest BCUT2D eigenvalue weighted by atomic mass is 35.5. The van der Waals surface area contributed by atoms with Gasteiger partial charge in [-0.25, -0.2) is 4.98 Å². The van der Waals surface area contributed by atoms with Crippen LogP contribution in [-0.4, -0.2) is 105 Å². The number of ether oxygens (including phenoxy) is 1. The molecule has 16 heteroatoms. The van der Waals surface area contributed by atoms with Gasteiger partial charge in [-0.2, -0.15) is 9.94 Å². The second kappa shape index (κ2) is 16.5. The Kier molecular flexibility index (Phi) is 11.1. The van der Waals surface area contributed by atoms with Crippen LogP contribution in [0.4, 0.5) is 11.5 Å². The summed E-state index contributed by atoms with van der Waals surface area (Å²) in [4.78, 5) is 65.4. The second-order valence-electron chi connectivity index (χ2n) is 15.5. The summed E-state index contributed by atoms with van der Waals surface area (Å²) in [5, 5.41) is 18.4. The van der Waals surface area contributed by atoms with Gasteiger partial charge >= 0.3 is 0 Å². The van der Waals surface area contributed by atoms with Crippen molar-refractivity contribution < 1.29 is 19.1 Å². The van der Waals surface area contributed by atoms with E-state index in [0.29, 0.717) is 64.4 Å². The van der Waals surface area contributed by atoms with Crippen molar-refractivity contribution >= 4 is 51.7 Å². The van der Waals surface area contributed by atoms with Gasteiger partial charge < -0.3 is 20.3 Å². The number of hydrogen-bond acceptors (Lipinski definition) is 12.